The van der Waals surface area contributed by atoms with E-state index in [9.17, 15) is 15.2 Å². The van der Waals surface area contributed by atoms with Crippen molar-refractivity contribution in [3.05, 3.63) is 59.7 Å². The van der Waals surface area contributed by atoms with Crippen LogP contribution in [-0.4, -0.2) is 33.8 Å². The van der Waals surface area contributed by atoms with E-state index in [2.05, 4.69) is 6.92 Å². The van der Waals surface area contributed by atoms with Crippen LogP contribution in [0.15, 0.2) is 48.5 Å². The molecule has 2 aromatic carbocycles. The van der Waals surface area contributed by atoms with Gasteiger partial charge in [-0.2, -0.15) is 0 Å². The number of piperidine rings is 1. The van der Waals surface area contributed by atoms with Crippen molar-refractivity contribution >= 4 is 5.97 Å². The van der Waals surface area contributed by atoms with Crippen molar-refractivity contribution in [2.75, 3.05) is 6.61 Å². The minimum atomic E-state index is -0.709. The highest BCUT2D eigenvalue weighted by Crippen LogP contribution is 2.51. The SMILES string of the molecule is CCCCCCCCOc1ccc([C@]2(C)CC[C@@](C)(c3ccc(OC(=O)C4CC(C)(C)N([O])C(C)(C)C4)cc3)N2[O])cc1. The first-order valence-electron chi connectivity index (χ1n) is 16.2. The van der Waals surface area contributed by atoms with Gasteiger partial charge in [-0.25, -0.2) is 0 Å². The Morgan fingerprint density at radius 2 is 1.16 bits per heavy atom. The molecule has 2 aromatic rings. The molecular formula is C36H52N2O5. The number of ether oxygens (including phenoxy) is 2. The third-order valence-electron chi connectivity index (χ3n) is 9.86. The Morgan fingerprint density at radius 1 is 0.698 bits per heavy atom. The van der Waals surface area contributed by atoms with E-state index in [4.69, 9.17) is 9.47 Å². The summed E-state index contributed by atoms with van der Waals surface area (Å²) in [6.45, 7) is 14.5. The van der Waals surface area contributed by atoms with Crippen LogP contribution in [0.25, 0.3) is 0 Å². The molecule has 43 heavy (non-hydrogen) atoms. The van der Waals surface area contributed by atoms with E-state index in [1.807, 2.05) is 77.9 Å². The van der Waals surface area contributed by atoms with Gasteiger partial charge in [-0.3, -0.25) is 4.79 Å². The average Bonchev–Trinajstić information content (AvgIpc) is 3.21. The Bertz CT molecular complexity index is 1190. The summed E-state index contributed by atoms with van der Waals surface area (Å²) in [7, 11) is 0. The fourth-order valence-corrected chi connectivity index (χ4v) is 7.25. The molecule has 0 N–H and O–H groups in total. The lowest BCUT2D eigenvalue weighted by atomic mass is 9.75. The van der Waals surface area contributed by atoms with E-state index in [0.29, 0.717) is 25.0 Å². The quantitative estimate of drug-likeness (QED) is 0.140. The molecule has 7 nitrogen and oxygen atoms in total. The Kier molecular flexibility index (Phi) is 10.3. The van der Waals surface area contributed by atoms with Crippen LogP contribution in [0.1, 0.15) is 124 Å². The standard InChI is InChI=1S/C36H52N2O5/c1-8-9-10-11-12-13-24-42-30-18-14-28(15-19-30)35(6)22-23-36(7,38(35)41)29-16-20-31(21-17-29)43-32(39)27-25-33(2,3)37(40)34(4,5)26-27/h14-21,27H,8-13,22-26H2,1-7H3/t35-,36-/m0/s1. The average molecular weight is 593 g/mol. The van der Waals surface area contributed by atoms with Crippen molar-refractivity contribution in [1.29, 1.82) is 0 Å². The van der Waals surface area contributed by atoms with Gasteiger partial charge >= 0.3 is 5.97 Å². The highest BCUT2D eigenvalue weighted by atomic mass is 16.5. The molecule has 2 atom stereocenters. The lowest BCUT2D eigenvalue weighted by Gasteiger charge is -2.49. The monoisotopic (exact) mass is 592 g/mol. The summed E-state index contributed by atoms with van der Waals surface area (Å²) in [5, 5.41) is 29.0. The zero-order valence-electron chi connectivity index (χ0n) is 27.4. The fraction of sp³-hybridized carbons (Fsp3) is 0.639. The summed E-state index contributed by atoms with van der Waals surface area (Å²) >= 11 is 0. The summed E-state index contributed by atoms with van der Waals surface area (Å²) in [5.41, 5.74) is -0.771. The van der Waals surface area contributed by atoms with Crippen LogP contribution in [0.3, 0.4) is 0 Å². The maximum absolute atomic E-state index is 13.9. The van der Waals surface area contributed by atoms with Crippen molar-refractivity contribution in [3.63, 3.8) is 0 Å². The zero-order valence-corrected chi connectivity index (χ0v) is 27.4. The summed E-state index contributed by atoms with van der Waals surface area (Å²) in [6, 6.07) is 15.3. The second-order valence-electron chi connectivity index (χ2n) is 14.5. The van der Waals surface area contributed by atoms with Gasteiger partial charge in [0.1, 0.15) is 11.5 Å². The van der Waals surface area contributed by atoms with Crippen LogP contribution >= 0.6 is 0 Å². The van der Waals surface area contributed by atoms with Gasteiger partial charge in [-0.05, 0) is 109 Å². The van der Waals surface area contributed by atoms with Crippen LogP contribution in [0, 0.1) is 5.92 Å². The van der Waals surface area contributed by atoms with Gasteiger partial charge < -0.3 is 9.47 Å². The molecule has 236 valence electrons. The van der Waals surface area contributed by atoms with Gasteiger partial charge in [0.2, 0.25) is 0 Å². The number of hydrogen-bond donors (Lipinski definition) is 0. The number of hydrogen-bond acceptors (Lipinski definition) is 5. The lowest BCUT2D eigenvalue weighted by molar-refractivity contribution is -0.293. The predicted octanol–water partition coefficient (Wildman–Crippen LogP) is 8.52. The number of benzene rings is 2. The zero-order chi connectivity index (χ0) is 31.5. The Labute approximate surface area is 259 Å². The molecule has 2 heterocycles. The maximum Gasteiger partial charge on any atom is 0.314 e. The first-order chi connectivity index (χ1) is 20.2. The van der Waals surface area contributed by atoms with E-state index < -0.39 is 22.2 Å². The highest BCUT2D eigenvalue weighted by Gasteiger charge is 2.53. The van der Waals surface area contributed by atoms with Gasteiger partial charge in [0.15, 0.2) is 0 Å². The second kappa shape index (κ2) is 13.3. The first-order valence-corrected chi connectivity index (χ1v) is 16.2. The summed E-state index contributed by atoms with van der Waals surface area (Å²) in [5.74, 6) is 0.626. The molecule has 2 aliphatic heterocycles. The van der Waals surface area contributed by atoms with Crippen molar-refractivity contribution in [2.45, 2.75) is 135 Å². The fourth-order valence-electron chi connectivity index (χ4n) is 7.25. The summed E-state index contributed by atoms with van der Waals surface area (Å²) < 4.78 is 11.7. The molecule has 4 rings (SSSR count). The van der Waals surface area contributed by atoms with Crippen LogP contribution in [0.2, 0.25) is 0 Å². The number of carbonyl (C=O) groups excluding carboxylic acids is 1. The molecule has 0 aromatic heterocycles. The molecule has 0 unspecified atom stereocenters. The van der Waals surface area contributed by atoms with E-state index in [-0.39, 0.29) is 11.9 Å². The predicted molar refractivity (Wildman–Crippen MR) is 167 cm³/mol. The van der Waals surface area contributed by atoms with Crippen LogP contribution < -0.4 is 9.47 Å². The van der Waals surface area contributed by atoms with Crippen molar-refractivity contribution in [1.82, 2.24) is 10.1 Å². The summed E-state index contributed by atoms with van der Waals surface area (Å²) in [4.78, 5) is 13.1. The number of rotatable bonds is 12. The molecule has 2 aliphatic rings. The Balaban J connectivity index is 1.36. The minimum absolute atomic E-state index is 0.313. The van der Waals surface area contributed by atoms with Crippen molar-refractivity contribution in [3.8, 4) is 11.5 Å². The number of nitrogens with zero attached hydrogens (tertiary/aromatic N) is 2. The molecule has 0 amide bonds. The third kappa shape index (κ3) is 7.28. The Hall–Kier alpha value is -2.45. The van der Waals surface area contributed by atoms with E-state index >= 15 is 0 Å². The minimum Gasteiger partial charge on any atom is -0.494 e. The molecular weight excluding hydrogens is 540 g/mol. The number of hydroxylamine groups is 4. The molecule has 2 saturated heterocycles. The molecule has 2 radical (unpaired) electrons. The highest BCUT2D eigenvalue weighted by molar-refractivity contribution is 5.75. The van der Waals surface area contributed by atoms with Crippen LogP contribution in [0.4, 0.5) is 0 Å². The maximum atomic E-state index is 13.9. The summed E-state index contributed by atoms with van der Waals surface area (Å²) in [6.07, 6.45) is 9.72. The van der Waals surface area contributed by atoms with E-state index in [0.717, 1.165) is 41.4 Å². The third-order valence-corrected chi connectivity index (χ3v) is 9.86. The van der Waals surface area contributed by atoms with Crippen LogP contribution in [0.5, 0.6) is 11.5 Å². The topological polar surface area (TPSA) is 81.8 Å². The largest absolute Gasteiger partial charge is 0.494 e. The van der Waals surface area contributed by atoms with Crippen molar-refractivity contribution < 1.29 is 24.7 Å². The van der Waals surface area contributed by atoms with Crippen LogP contribution in [-0.2, 0) is 26.3 Å². The number of unbranched alkanes of at least 4 members (excludes halogenated alkanes) is 5. The molecule has 0 saturated carbocycles. The normalized spacial score (nSPS) is 26.0. The lowest BCUT2D eigenvalue weighted by Crippen LogP contribution is -2.59. The Morgan fingerprint density at radius 3 is 1.67 bits per heavy atom. The van der Waals surface area contributed by atoms with E-state index in [1.54, 1.807) is 12.1 Å². The molecule has 0 bridgehead atoms. The first kappa shape index (κ1) is 33.4. The molecule has 7 heteroatoms. The van der Waals surface area contributed by atoms with E-state index in [1.165, 1.54) is 37.2 Å². The molecule has 0 spiro atoms. The smallest absolute Gasteiger partial charge is 0.314 e. The van der Waals surface area contributed by atoms with Gasteiger partial charge in [0, 0.05) is 11.1 Å². The van der Waals surface area contributed by atoms with Gasteiger partial charge in [-0.1, -0.05) is 63.3 Å². The molecule has 2 fully saturated rings. The van der Waals surface area contributed by atoms with Gasteiger partial charge in [0.05, 0.1) is 23.6 Å². The molecule has 0 aliphatic carbocycles. The van der Waals surface area contributed by atoms with Gasteiger partial charge in [-0.15, -0.1) is 20.5 Å². The number of carbonyl (C=O) groups is 1. The van der Waals surface area contributed by atoms with Crippen molar-refractivity contribution in [2.24, 2.45) is 5.92 Å². The second-order valence-corrected chi connectivity index (χ2v) is 14.5. The number of esters is 1. The van der Waals surface area contributed by atoms with Gasteiger partial charge in [0.25, 0.3) is 0 Å².